The molecule has 2 aromatic carbocycles. The van der Waals surface area contributed by atoms with E-state index < -0.39 is 0 Å². The van der Waals surface area contributed by atoms with Crippen LogP contribution in [0.25, 0.3) is 22.0 Å². The predicted molar refractivity (Wildman–Crippen MR) is 102 cm³/mol. The van der Waals surface area contributed by atoms with Crippen LogP contribution in [0.2, 0.25) is 0 Å². The molecule has 0 saturated heterocycles. The van der Waals surface area contributed by atoms with Crippen molar-refractivity contribution in [2.45, 2.75) is 26.2 Å². The Morgan fingerprint density at radius 2 is 1.92 bits per heavy atom. The largest absolute Gasteiger partial charge is 0.385 e. The van der Waals surface area contributed by atoms with Crippen molar-refractivity contribution in [1.82, 2.24) is 4.98 Å². The van der Waals surface area contributed by atoms with E-state index in [4.69, 9.17) is 4.74 Å². The monoisotopic (exact) mass is 351 g/mol. The Morgan fingerprint density at radius 3 is 2.69 bits per heavy atom. The third kappa shape index (κ3) is 4.14. The van der Waals surface area contributed by atoms with E-state index in [9.17, 15) is 9.18 Å². The van der Waals surface area contributed by atoms with Gasteiger partial charge in [-0.3, -0.25) is 9.78 Å². The molecule has 0 aliphatic carbocycles. The van der Waals surface area contributed by atoms with E-state index >= 15 is 0 Å². The predicted octanol–water partition coefficient (Wildman–Crippen LogP) is 4.89. The van der Waals surface area contributed by atoms with Crippen LogP contribution in [0.5, 0.6) is 0 Å². The van der Waals surface area contributed by atoms with Crippen molar-refractivity contribution in [2.24, 2.45) is 0 Å². The number of hydrogen-bond acceptors (Lipinski definition) is 3. The highest BCUT2D eigenvalue weighted by molar-refractivity contribution is 5.87. The van der Waals surface area contributed by atoms with E-state index in [0.717, 1.165) is 34.1 Å². The summed E-state index contributed by atoms with van der Waals surface area (Å²) in [5.41, 5.74) is 3.90. The first-order valence-corrected chi connectivity index (χ1v) is 8.74. The Balaban J connectivity index is 1.90. The van der Waals surface area contributed by atoms with Gasteiger partial charge in [0.1, 0.15) is 11.6 Å². The number of nitrogens with zero attached hydrogens (tertiary/aromatic N) is 1. The molecule has 0 aliphatic rings. The van der Waals surface area contributed by atoms with E-state index in [1.54, 1.807) is 19.2 Å². The number of fused-ring (bicyclic) bond motifs is 1. The van der Waals surface area contributed by atoms with Crippen molar-refractivity contribution >= 4 is 16.7 Å². The van der Waals surface area contributed by atoms with Gasteiger partial charge in [-0.1, -0.05) is 24.3 Å². The number of ketones is 1. The Hall–Kier alpha value is -2.59. The second kappa shape index (κ2) is 8.19. The number of hydrogen-bond donors (Lipinski definition) is 0. The zero-order valence-electron chi connectivity index (χ0n) is 15.1. The lowest BCUT2D eigenvalue weighted by Gasteiger charge is -2.10. The van der Waals surface area contributed by atoms with Gasteiger partial charge in [0.25, 0.3) is 0 Å². The molecule has 0 saturated carbocycles. The maximum Gasteiger partial charge on any atom is 0.137 e. The van der Waals surface area contributed by atoms with Crippen LogP contribution in [-0.2, 0) is 16.0 Å². The van der Waals surface area contributed by atoms with Crippen LogP contribution in [-0.4, -0.2) is 24.5 Å². The average Bonchev–Trinajstić information content (AvgIpc) is 2.62. The fourth-order valence-corrected chi connectivity index (χ4v) is 3.11. The molecule has 3 nitrogen and oxygen atoms in total. The first kappa shape index (κ1) is 18.2. The lowest BCUT2D eigenvalue weighted by molar-refractivity contribution is -0.118. The summed E-state index contributed by atoms with van der Waals surface area (Å²) in [5, 5.41) is 0.913. The zero-order valence-corrected chi connectivity index (χ0v) is 15.1. The third-order valence-corrected chi connectivity index (χ3v) is 4.44. The molecule has 0 aliphatic heterocycles. The molecule has 26 heavy (non-hydrogen) atoms. The summed E-state index contributed by atoms with van der Waals surface area (Å²) in [4.78, 5) is 16.7. The van der Waals surface area contributed by atoms with Crippen LogP contribution in [0.4, 0.5) is 4.39 Å². The second-order valence-electron chi connectivity index (χ2n) is 6.44. The van der Waals surface area contributed by atoms with Crippen LogP contribution >= 0.6 is 0 Å². The van der Waals surface area contributed by atoms with Gasteiger partial charge in [0.15, 0.2) is 0 Å². The molecule has 3 aromatic rings. The summed E-state index contributed by atoms with van der Waals surface area (Å²) >= 11 is 0. The number of aromatic nitrogens is 1. The standard InChI is InChI=1S/C22H22FNO2/c1-15-20(19-7-3-4-8-21(19)23)14-17-12-16(9-10-22(17)24-15)13-18(25)6-5-11-26-2/h3-4,7-10,12,14H,5-6,11,13H2,1-2H3. The van der Waals surface area contributed by atoms with Gasteiger partial charge in [-0.05, 0) is 43.2 Å². The molecular formula is C22H22FNO2. The molecule has 0 bridgehead atoms. The molecule has 0 N–H and O–H groups in total. The number of methoxy groups -OCH3 is 1. The topological polar surface area (TPSA) is 39.2 Å². The van der Waals surface area contributed by atoms with Crippen LogP contribution < -0.4 is 0 Å². The van der Waals surface area contributed by atoms with Gasteiger partial charge in [0.05, 0.1) is 5.52 Å². The zero-order chi connectivity index (χ0) is 18.5. The van der Waals surface area contributed by atoms with Crippen molar-refractivity contribution < 1.29 is 13.9 Å². The Kier molecular flexibility index (Phi) is 5.74. The third-order valence-electron chi connectivity index (χ3n) is 4.44. The van der Waals surface area contributed by atoms with Crippen molar-refractivity contribution in [3.05, 3.63) is 65.6 Å². The number of Topliss-reactive ketones (excluding diaryl/α,β-unsaturated/α-hetero) is 1. The van der Waals surface area contributed by atoms with Gasteiger partial charge in [0.2, 0.25) is 0 Å². The highest BCUT2D eigenvalue weighted by atomic mass is 19.1. The number of aryl methyl sites for hydroxylation is 1. The average molecular weight is 351 g/mol. The summed E-state index contributed by atoms with van der Waals surface area (Å²) in [6.07, 6.45) is 1.64. The number of ether oxygens (including phenoxy) is 1. The first-order chi connectivity index (χ1) is 12.6. The summed E-state index contributed by atoms with van der Waals surface area (Å²) in [5.74, 6) is -0.0722. The number of carbonyl (C=O) groups excluding carboxylic acids is 1. The molecule has 3 rings (SSSR count). The van der Waals surface area contributed by atoms with Crippen molar-refractivity contribution in [3.63, 3.8) is 0 Å². The van der Waals surface area contributed by atoms with Crippen LogP contribution in [0, 0.1) is 12.7 Å². The van der Waals surface area contributed by atoms with Crippen LogP contribution in [0.1, 0.15) is 24.1 Å². The summed E-state index contributed by atoms with van der Waals surface area (Å²) in [6.45, 7) is 2.48. The molecule has 0 unspecified atom stereocenters. The Labute approximate surface area is 152 Å². The minimum absolute atomic E-state index is 0.191. The lowest BCUT2D eigenvalue weighted by atomic mass is 9.99. The maximum atomic E-state index is 14.2. The molecule has 134 valence electrons. The van der Waals surface area contributed by atoms with E-state index in [1.807, 2.05) is 37.3 Å². The molecule has 4 heteroatoms. The normalized spacial score (nSPS) is 11.0. The second-order valence-corrected chi connectivity index (χ2v) is 6.44. The summed E-state index contributed by atoms with van der Waals surface area (Å²) < 4.78 is 19.2. The SMILES string of the molecule is COCCCC(=O)Cc1ccc2nc(C)c(-c3ccccc3F)cc2c1. The van der Waals surface area contributed by atoms with Crippen LogP contribution in [0.3, 0.4) is 0 Å². The fourth-order valence-electron chi connectivity index (χ4n) is 3.11. The van der Waals surface area contributed by atoms with Gasteiger partial charge in [0, 0.05) is 48.8 Å². The fraction of sp³-hybridized carbons (Fsp3) is 0.273. The minimum atomic E-state index is -0.263. The van der Waals surface area contributed by atoms with Gasteiger partial charge in [-0.15, -0.1) is 0 Å². The first-order valence-electron chi connectivity index (χ1n) is 8.74. The number of halogens is 1. The van der Waals surface area contributed by atoms with Gasteiger partial charge < -0.3 is 4.74 Å². The number of pyridine rings is 1. The molecular weight excluding hydrogens is 329 g/mol. The maximum absolute atomic E-state index is 14.2. The van der Waals surface area contributed by atoms with E-state index in [2.05, 4.69) is 4.98 Å². The molecule has 0 fully saturated rings. The van der Waals surface area contributed by atoms with Gasteiger partial charge in [-0.25, -0.2) is 4.39 Å². The highest BCUT2D eigenvalue weighted by Gasteiger charge is 2.11. The lowest BCUT2D eigenvalue weighted by Crippen LogP contribution is -2.04. The highest BCUT2D eigenvalue weighted by Crippen LogP contribution is 2.28. The number of carbonyl (C=O) groups is 1. The molecule has 1 heterocycles. The molecule has 1 aromatic heterocycles. The van der Waals surface area contributed by atoms with Crippen LogP contribution in [0.15, 0.2) is 48.5 Å². The summed E-state index contributed by atoms with van der Waals surface area (Å²) in [7, 11) is 1.63. The van der Waals surface area contributed by atoms with Crippen molar-refractivity contribution in [1.29, 1.82) is 0 Å². The quantitative estimate of drug-likeness (QED) is 0.569. The number of benzene rings is 2. The van der Waals surface area contributed by atoms with Gasteiger partial charge >= 0.3 is 0 Å². The van der Waals surface area contributed by atoms with E-state index in [1.165, 1.54) is 6.07 Å². The van der Waals surface area contributed by atoms with Crippen molar-refractivity contribution in [3.8, 4) is 11.1 Å². The molecule has 0 radical (unpaired) electrons. The smallest absolute Gasteiger partial charge is 0.137 e. The number of rotatable bonds is 7. The van der Waals surface area contributed by atoms with Gasteiger partial charge in [-0.2, -0.15) is 0 Å². The van der Waals surface area contributed by atoms with Crippen molar-refractivity contribution in [2.75, 3.05) is 13.7 Å². The molecule has 0 amide bonds. The Bertz CT molecular complexity index is 937. The van der Waals surface area contributed by atoms with E-state index in [-0.39, 0.29) is 11.6 Å². The minimum Gasteiger partial charge on any atom is -0.385 e. The molecule has 0 atom stereocenters. The summed E-state index contributed by atoms with van der Waals surface area (Å²) in [6, 6.07) is 14.5. The Morgan fingerprint density at radius 1 is 1.12 bits per heavy atom. The molecule has 0 spiro atoms. The van der Waals surface area contributed by atoms with E-state index in [0.29, 0.717) is 25.0 Å².